The molecule has 0 radical (unpaired) electrons. The predicted octanol–water partition coefficient (Wildman–Crippen LogP) is 1.95. The first kappa shape index (κ1) is 18.2. The smallest absolute Gasteiger partial charge is 0.300 e. The lowest BCUT2D eigenvalue weighted by Crippen LogP contribution is -2.68. The number of carboxylic acids is 1. The normalized spacial score (nSPS) is 19.6. The molecule has 0 unspecified atom stereocenters. The summed E-state index contributed by atoms with van der Waals surface area (Å²) in [5.41, 5.74) is 0. The summed E-state index contributed by atoms with van der Waals surface area (Å²) in [6.07, 6.45) is 7.08. The van der Waals surface area contributed by atoms with Crippen LogP contribution in [0.5, 0.6) is 0 Å². The van der Waals surface area contributed by atoms with Crippen LogP contribution < -0.4 is 10.6 Å². The Balaban J connectivity index is 0.000000541. The van der Waals surface area contributed by atoms with Crippen molar-refractivity contribution in [3.63, 3.8) is 0 Å². The van der Waals surface area contributed by atoms with Crippen LogP contribution >= 0.6 is 0 Å². The van der Waals surface area contributed by atoms with Gasteiger partial charge in [-0.05, 0) is 31.5 Å². The van der Waals surface area contributed by atoms with Gasteiger partial charge in [0, 0.05) is 13.3 Å². The number of furan rings is 1. The van der Waals surface area contributed by atoms with Crippen molar-refractivity contribution in [2.45, 2.75) is 58.0 Å². The molecule has 1 aromatic rings. The van der Waals surface area contributed by atoms with Crippen LogP contribution in [0.25, 0.3) is 0 Å². The number of aryl methyl sites for hydroxylation is 1. The monoisotopic (exact) mass is 310 g/mol. The van der Waals surface area contributed by atoms with Crippen molar-refractivity contribution in [1.82, 2.24) is 10.6 Å². The molecule has 2 atom stereocenters. The SMILES string of the molecule is CC(=O)O.CCCCCN[C@@H]1C(=O)N[C@@H]1CCc1ccco1. The van der Waals surface area contributed by atoms with Crippen molar-refractivity contribution in [3.05, 3.63) is 24.2 Å². The third-order valence-corrected chi connectivity index (χ3v) is 3.44. The number of hydrogen-bond donors (Lipinski definition) is 3. The van der Waals surface area contributed by atoms with E-state index in [1.807, 2.05) is 12.1 Å². The van der Waals surface area contributed by atoms with E-state index in [0.717, 1.165) is 38.5 Å². The number of carboxylic acid groups (broad SMARTS) is 1. The molecule has 1 fully saturated rings. The summed E-state index contributed by atoms with van der Waals surface area (Å²) in [7, 11) is 0. The van der Waals surface area contributed by atoms with Gasteiger partial charge in [0.05, 0.1) is 12.3 Å². The van der Waals surface area contributed by atoms with E-state index >= 15 is 0 Å². The molecule has 1 amide bonds. The van der Waals surface area contributed by atoms with Gasteiger partial charge in [0.15, 0.2) is 0 Å². The summed E-state index contributed by atoms with van der Waals surface area (Å²) in [5, 5.41) is 13.7. The Bertz CT molecular complexity index is 441. The Hall–Kier alpha value is -1.82. The lowest BCUT2D eigenvalue weighted by atomic mass is 9.93. The van der Waals surface area contributed by atoms with E-state index in [1.165, 1.54) is 12.8 Å². The molecule has 0 bridgehead atoms. The predicted molar refractivity (Wildman–Crippen MR) is 83.6 cm³/mol. The molecule has 3 N–H and O–H groups in total. The first-order valence-corrected chi connectivity index (χ1v) is 7.80. The molecule has 0 aromatic carbocycles. The number of carbonyl (C=O) groups excluding carboxylic acids is 1. The third kappa shape index (κ3) is 6.76. The second kappa shape index (κ2) is 10.00. The van der Waals surface area contributed by atoms with Crippen molar-refractivity contribution >= 4 is 11.9 Å². The highest BCUT2D eigenvalue weighted by Gasteiger charge is 2.38. The molecule has 6 heteroatoms. The van der Waals surface area contributed by atoms with Gasteiger partial charge in [-0.1, -0.05) is 19.8 Å². The van der Waals surface area contributed by atoms with Crippen molar-refractivity contribution in [3.8, 4) is 0 Å². The van der Waals surface area contributed by atoms with Gasteiger partial charge >= 0.3 is 0 Å². The standard InChI is InChI=1S/C14H22N2O2.C2H4O2/c1-2-3-4-9-15-13-12(16-14(13)17)8-7-11-6-5-10-18-11;1-2(3)4/h5-6,10,12-13,15H,2-4,7-9H2,1H3,(H,16,17);1H3,(H,3,4)/t12-,13+;/m1./s1. The molecular weight excluding hydrogens is 284 g/mol. The summed E-state index contributed by atoms with van der Waals surface area (Å²) >= 11 is 0. The number of nitrogens with one attached hydrogen (secondary N) is 2. The Morgan fingerprint density at radius 2 is 2.18 bits per heavy atom. The second-order valence-corrected chi connectivity index (χ2v) is 5.39. The molecule has 0 saturated carbocycles. The van der Waals surface area contributed by atoms with Gasteiger partial charge in [-0.3, -0.25) is 9.59 Å². The zero-order chi connectivity index (χ0) is 16.4. The highest BCUT2D eigenvalue weighted by molar-refractivity contribution is 5.89. The van der Waals surface area contributed by atoms with Gasteiger partial charge < -0.3 is 20.2 Å². The minimum atomic E-state index is -0.833. The van der Waals surface area contributed by atoms with Gasteiger partial charge in [0.1, 0.15) is 11.8 Å². The number of amides is 1. The summed E-state index contributed by atoms with van der Waals surface area (Å²) < 4.78 is 5.29. The summed E-state index contributed by atoms with van der Waals surface area (Å²) in [4.78, 5) is 20.5. The lowest BCUT2D eigenvalue weighted by Gasteiger charge is -2.37. The molecule has 0 aliphatic carbocycles. The van der Waals surface area contributed by atoms with Gasteiger partial charge in [0.2, 0.25) is 5.91 Å². The minimum absolute atomic E-state index is 0.00295. The fourth-order valence-corrected chi connectivity index (χ4v) is 2.30. The number of unbranched alkanes of at least 4 members (excludes halogenated alkanes) is 2. The number of aliphatic carboxylic acids is 1. The highest BCUT2D eigenvalue weighted by atomic mass is 16.4. The first-order chi connectivity index (χ1) is 10.5. The van der Waals surface area contributed by atoms with Crippen molar-refractivity contribution in [2.75, 3.05) is 6.54 Å². The Labute approximate surface area is 131 Å². The van der Waals surface area contributed by atoms with E-state index in [1.54, 1.807) is 6.26 Å². The van der Waals surface area contributed by atoms with E-state index in [2.05, 4.69) is 17.6 Å². The van der Waals surface area contributed by atoms with Crippen LogP contribution in [0.4, 0.5) is 0 Å². The van der Waals surface area contributed by atoms with Crippen LogP contribution in [0, 0.1) is 0 Å². The van der Waals surface area contributed by atoms with Crippen molar-refractivity contribution in [1.29, 1.82) is 0 Å². The van der Waals surface area contributed by atoms with E-state index in [9.17, 15) is 4.79 Å². The topological polar surface area (TPSA) is 91.6 Å². The quantitative estimate of drug-likeness (QED) is 0.504. The van der Waals surface area contributed by atoms with E-state index in [0.29, 0.717) is 0 Å². The fraction of sp³-hybridized carbons (Fsp3) is 0.625. The van der Waals surface area contributed by atoms with Gasteiger partial charge in [-0.25, -0.2) is 0 Å². The summed E-state index contributed by atoms with van der Waals surface area (Å²) in [6.45, 7) is 4.20. The minimum Gasteiger partial charge on any atom is -0.481 e. The maximum atomic E-state index is 11.5. The second-order valence-electron chi connectivity index (χ2n) is 5.39. The van der Waals surface area contributed by atoms with E-state index < -0.39 is 5.97 Å². The van der Waals surface area contributed by atoms with Crippen molar-refractivity contribution < 1.29 is 19.1 Å². The molecule has 2 rings (SSSR count). The first-order valence-electron chi connectivity index (χ1n) is 7.80. The van der Waals surface area contributed by atoms with Crippen LogP contribution in [0.2, 0.25) is 0 Å². The Kier molecular flexibility index (Phi) is 8.28. The lowest BCUT2D eigenvalue weighted by molar-refractivity contribution is -0.134. The third-order valence-electron chi connectivity index (χ3n) is 3.44. The molecule has 22 heavy (non-hydrogen) atoms. The molecule has 1 aliphatic rings. The Morgan fingerprint density at radius 1 is 1.45 bits per heavy atom. The maximum absolute atomic E-state index is 11.5. The molecule has 2 heterocycles. The maximum Gasteiger partial charge on any atom is 0.300 e. The molecule has 124 valence electrons. The fourth-order valence-electron chi connectivity index (χ4n) is 2.30. The molecule has 6 nitrogen and oxygen atoms in total. The van der Waals surface area contributed by atoms with Crippen LogP contribution in [-0.4, -0.2) is 35.6 Å². The Morgan fingerprint density at radius 3 is 2.73 bits per heavy atom. The van der Waals surface area contributed by atoms with Crippen LogP contribution in [0.3, 0.4) is 0 Å². The number of rotatable bonds is 8. The van der Waals surface area contributed by atoms with Gasteiger partial charge in [-0.2, -0.15) is 0 Å². The number of carbonyl (C=O) groups is 2. The number of hydrogen-bond acceptors (Lipinski definition) is 4. The zero-order valence-corrected chi connectivity index (χ0v) is 13.3. The molecule has 0 spiro atoms. The average Bonchev–Trinajstić information content (AvgIpc) is 2.95. The van der Waals surface area contributed by atoms with E-state index in [-0.39, 0.29) is 18.0 Å². The molecule has 1 saturated heterocycles. The van der Waals surface area contributed by atoms with Crippen LogP contribution in [0.1, 0.15) is 45.3 Å². The molecular formula is C16H26N2O4. The van der Waals surface area contributed by atoms with Crippen LogP contribution in [-0.2, 0) is 16.0 Å². The largest absolute Gasteiger partial charge is 0.481 e. The molecule has 1 aliphatic heterocycles. The molecule has 1 aromatic heterocycles. The number of β-lactam (4-membered cyclic amide) rings is 1. The van der Waals surface area contributed by atoms with Gasteiger partial charge in [-0.15, -0.1) is 0 Å². The van der Waals surface area contributed by atoms with Crippen molar-refractivity contribution in [2.24, 2.45) is 0 Å². The zero-order valence-electron chi connectivity index (χ0n) is 13.3. The van der Waals surface area contributed by atoms with Gasteiger partial charge in [0.25, 0.3) is 5.97 Å². The summed E-state index contributed by atoms with van der Waals surface area (Å²) in [6, 6.07) is 4.13. The van der Waals surface area contributed by atoms with Crippen LogP contribution in [0.15, 0.2) is 22.8 Å². The highest BCUT2D eigenvalue weighted by Crippen LogP contribution is 2.14. The van der Waals surface area contributed by atoms with E-state index in [4.69, 9.17) is 14.3 Å². The average molecular weight is 310 g/mol. The summed E-state index contributed by atoms with van der Waals surface area (Å²) in [5.74, 6) is 0.289.